The fourth-order valence-corrected chi connectivity index (χ4v) is 3.05. The van der Waals surface area contributed by atoms with E-state index < -0.39 is 0 Å². The number of ether oxygens (including phenoxy) is 1. The highest BCUT2D eigenvalue weighted by molar-refractivity contribution is 5.73. The lowest BCUT2D eigenvalue weighted by Crippen LogP contribution is -2.08. The Hall–Kier alpha value is -2.10. The summed E-state index contributed by atoms with van der Waals surface area (Å²) in [4.78, 5) is 9.58. The molecule has 0 saturated heterocycles. The molecular formula is C21H30N2O2. The Morgan fingerprint density at radius 2 is 1.68 bits per heavy atom. The Balaban J connectivity index is 2.46. The van der Waals surface area contributed by atoms with Crippen molar-refractivity contribution in [2.75, 3.05) is 6.61 Å². The van der Waals surface area contributed by atoms with Gasteiger partial charge < -0.3 is 9.84 Å². The molecule has 4 nitrogen and oxygen atoms in total. The van der Waals surface area contributed by atoms with Gasteiger partial charge in [-0.2, -0.15) is 0 Å². The third kappa shape index (κ3) is 4.50. The Kier molecular flexibility index (Phi) is 6.80. The molecule has 2 rings (SSSR count). The summed E-state index contributed by atoms with van der Waals surface area (Å²) in [5.41, 5.74) is 5.32. The molecule has 0 fully saturated rings. The predicted octanol–water partition coefficient (Wildman–Crippen LogP) is 5.16. The molecule has 1 aromatic heterocycles. The van der Waals surface area contributed by atoms with Crippen molar-refractivity contribution in [1.29, 1.82) is 0 Å². The van der Waals surface area contributed by atoms with E-state index in [2.05, 4.69) is 26.8 Å². The Morgan fingerprint density at radius 3 is 2.28 bits per heavy atom. The van der Waals surface area contributed by atoms with Crippen LogP contribution in [-0.2, 0) is 12.8 Å². The summed E-state index contributed by atoms with van der Waals surface area (Å²) in [5.74, 6) is 0.906. The zero-order chi connectivity index (χ0) is 18.4. The minimum atomic E-state index is 0.264. The van der Waals surface area contributed by atoms with Gasteiger partial charge in [0, 0.05) is 5.56 Å². The number of phenolic OH excluding ortho intramolecular Hbond substituents is 1. The van der Waals surface area contributed by atoms with E-state index in [0.717, 1.165) is 59.5 Å². The van der Waals surface area contributed by atoms with Crippen LogP contribution >= 0.6 is 0 Å². The smallest absolute Gasteiger partial charge is 0.235 e. The maximum Gasteiger partial charge on any atom is 0.235 e. The number of hydrogen-bond donors (Lipinski definition) is 1. The van der Waals surface area contributed by atoms with Gasteiger partial charge in [-0.15, -0.1) is 0 Å². The van der Waals surface area contributed by atoms with Crippen molar-refractivity contribution >= 4 is 0 Å². The predicted molar refractivity (Wildman–Crippen MR) is 102 cm³/mol. The molecule has 4 heteroatoms. The molecule has 1 heterocycles. The van der Waals surface area contributed by atoms with Crippen molar-refractivity contribution in [3.8, 4) is 22.9 Å². The molecule has 0 radical (unpaired) electrons. The number of rotatable bonds is 8. The first-order valence-electron chi connectivity index (χ1n) is 9.34. The molecule has 0 aliphatic rings. The Bertz CT molecular complexity index is 703. The molecule has 0 amide bonds. The minimum absolute atomic E-state index is 0.264. The van der Waals surface area contributed by atoms with Crippen molar-refractivity contribution < 1.29 is 9.84 Å². The van der Waals surface area contributed by atoms with E-state index in [0.29, 0.717) is 12.5 Å². The Labute approximate surface area is 151 Å². The van der Waals surface area contributed by atoms with Crippen LogP contribution in [0.15, 0.2) is 12.1 Å². The zero-order valence-electron chi connectivity index (χ0n) is 16.1. The van der Waals surface area contributed by atoms with Crippen molar-refractivity contribution in [1.82, 2.24) is 9.97 Å². The lowest BCUT2D eigenvalue weighted by atomic mass is 9.99. The third-order valence-electron chi connectivity index (χ3n) is 4.36. The summed E-state index contributed by atoms with van der Waals surface area (Å²) in [5, 5.41) is 10.5. The van der Waals surface area contributed by atoms with E-state index in [-0.39, 0.29) is 5.75 Å². The lowest BCUT2D eigenvalue weighted by Gasteiger charge is -2.16. The van der Waals surface area contributed by atoms with Gasteiger partial charge in [0.2, 0.25) is 5.88 Å². The van der Waals surface area contributed by atoms with E-state index in [1.807, 2.05) is 13.8 Å². The van der Waals surface area contributed by atoms with Gasteiger partial charge in [0.25, 0.3) is 0 Å². The van der Waals surface area contributed by atoms with Gasteiger partial charge in [-0.1, -0.05) is 39.7 Å². The number of phenols is 1. The molecule has 0 bridgehead atoms. The zero-order valence-corrected chi connectivity index (χ0v) is 16.1. The Morgan fingerprint density at radius 1 is 0.960 bits per heavy atom. The summed E-state index contributed by atoms with van der Waals surface area (Å²) >= 11 is 0. The molecular weight excluding hydrogens is 312 g/mol. The van der Waals surface area contributed by atoms with Crippen LogP contribution in [-0.4, -0.2) is 21.7 Å². The van der Waals surface area contributed by atoms with E-state index in [1.54, 1.807) is 6.07 Å². The highest BCUT2D eigenvalue weighted by Crippen LogP contribution is 2.35. The van der Waals surface area contributed by atoms with Crippen molar-refractivity contribution in [3.63, 3.8) is 0 Å². The van der Waals surface area contributed by atoms with E-state index in [4.69, 9.17) is 14.7 Å². The van der Waals surface area contributed by atoms with Gasteiger partial charge >= 0.3 is 0 Å². The topological polar surface area (TPSA) is 55.2 Å². The van der Waals surface area contributed by atoms with Gasteiger partial charge in [-0.25, -0.2) is 9.97 Å². The quantitative estimate of drug-likeness (QED) is 0.673. The van der Waals surface area contributed by atoms with Crippen LogP contribution in [0.2, 0.25) is 0 Å². The number of aromatic nitrogens is 2. The first-order valence-corrected chi connectivity index (χ1v) is 9.34. The third-order valence-corrected chi connectivity index (χ3v) is 4.36. The van der Waals surface area contributed by atoms with Crippen LogP contribution in [0.4, 0.5) is 0 Å². The molecule has 25 heavy (non-hydrogen) atoms. The van der Waals surface area contributed by atoms with Crippen LogP contribution < -0.4 is 4.74 Å². The van der Waals surface area contributed by atoms with Gasteiger partial charge in [-0.05, 0) is 50.3 Å². The monoisotopic (exact) mass is 342 g/mol. The largest absolute Gasteiger partial charge is 0.507 e. The first-order chi connectivity index (χ1) is 12.0. The normalized spacial score (nSPS) is 10.9. The summed E-state index contributed by atoms with van der Waals surface area (Å²) in [7, 11) is 0. The number of benzene rings is 1. The molecule has 0 saturated carbocycles. The van der Waals surface area contributed by atoms with Gasteiger partial charge in [0.1, 0.15) is 11.4 Å². The number of aryl methyl sites for hydroxylation is 4. The van der Waals surface area contributed by atoms with Crippen LogP contribution in [0, 0.1) is 13.8 Å². The first kappa shape index (κ1) is 19.2. The van der Waals surface area contributed by atoms with E-state index in [9.17, 15) is 5.11 Å². The molecule has 0 aliphatic heterocycles. The summed E-state index contributed by atoms with van der Waals surface area (Å²) in [6.07, 6.45) is 4.84. The van der Waals surface area contributed by atoms with Crippen LogP contribution in [0.5, 0.6) is 11.6 Å². The molecule has 0 atom stereocenters. The standard InChI is InChI=1S/C21H30N2O2/c1-6-9-10-11-25-21-17(8-3)22-20(16(7-2)23-21)19-15(5)12-14(4)13-18(19)24/h12-13,24H,6-11H2,1-5H3. The molecule has 2 aromatic rings. The van der Waals surface area contributed by atoms with E-state index >= 15 is 0 Å². The fourth-order valence-electron chi connectivity index (χ4n) is 3.05. The van der Waals surface area contributed by atoms with Crippen LogP contribution in [0.1, 0.15) is 62.5 Å². The van der Waals surface area contributed by atoms with Crippen molar-refractivity contribution in [2.45, 2.75) is 66.7 Å². The van der Waals surface area contributed by atoms with Crippen molar-refractivity contribution in [2.24, 2.45) is 0 Å². The highest BCUT2D eigenvalue weighted by atomic mass is 16.5. The average molecular weight is 342 g/mol. The summed E-state index contributed by atoms with van der Waals surface area (Å²) in [6.45, 7) is 10.9. The molecule has 0 unspecified atom stereocenters. The van der Waals surface area contributed by atoms with Gasteiger partial charge in [-0.3, -0.25) is 0 Å². The number of aromatic hydroxyl groups is 1. The lowest BCUT2D eigenvalue weighted by molar-refractivity contribution is 0.289. The minimum Gasteiger partial charge on any atom is -0.507 e. The maximum absolute atomic E-state index is 10.5. The summed E-state index contributed by atoms with van der Waals surface area (Å²) < 4.78 is 5.91. The molecule has 136 valence electrons. The molecule has 0 spiro atoms. The second-order valence-corrected chi connectivity index (χ2v) is 6.51. The second-order valence-electron chi connectivity index (χ2n) is 6.51. The van der Waals surface area contributed by atoms with Crippen molar-refractivity contribution in [3.05, 3.63) is 34.6 Å². The average Bonchev–Trinajstić information content (AvgIpc) is 2.58. The number of nitrogens with zero attached hydrogens (tertiary/aromatic N) is 2. The maximum atomic E-state index is 10.5. The van der Waals surface area contributed by atoms with Crippen LogP contribution in [0.25, 0.3) is 11.3 Å². The fraction of sp³-hybridized carbons (Fsp3) is 0.524. The van der Waals surface area contributed by atoms with Gasteiger partial charge in [0.05, 0.1) is 18.0 Å². The number of hydrogen-bond acceptors (Lipinski definition) is 4. The van der Waals surface area contributed by atoms with Gasteiger partial charge in [0.15, 0.2) is 0 Å². The second kappa shape index (κ2) is 8.84. The molecule has 1 aromatic carbocycles. The SMILES string of the molecule is CCCCCOc1nc(CC)c(-c2c(C)cc(C)cc2O)nc1CC. The summed E-state index contributed by atoms with van der Waals surface area (Å²) in [6, 6.07) is 3.85. The van der Waals surface area contributed by atoms with Crippen LogP contribution in [0.3, 0.4) is 0 Å². The molecule has 1 N–H and O–H groups in total. The number of unbranched alkanes of at least 4 members (excludes halogenated alkanes) is 2. The highest BCUT2D eigenvalue weighted by Gasteiger charge is 2.18. The molecule has 0 aliphatic carbocycles. The van der Waals surface area contributed by atoms with E-state index in [1.165, 1.54) is 6.42 Å².